The topological polar surface area (TPSA) is 74.2 Å². The molecule has 2 aliphatic rings. The Hall–Kier alpha value is -2.66. The summed E-state index contributed by atoms with van der Waals surface area (Å²) in [5.41, 5.74) is 9.56. The van der Waals surface area contributed by atoms with Crippen LogP contribution in [0.5, 0.6) is 0 Å². The van der Waals surface area contributed by atoms with Crippen LogP contribution in [0.1, 0.15) is 51.6 Å². The molecule has 4 rings (SSSR count). The smallest absolute Gasteiger partial charge is 0.149 e. The summed E-state index contributed by atoms with van der Waals surface area (Å²) in [7, 11) is 0. The maximum atomic E-state index is 13.4. The maximum Gasteiger partial charge on any atom is 0.149 e. The molecule has 0 amide bonds. The molecule has 3 unspecified atom stereocenters. The zero-order valence-corrected chi connectivity index (χ0v) is 17.9. The number of halogens is 1. The fourth-order valence-electron chi connectivity index (χ4n) is 4.68. The second-order valence-corrected chi connectivity index (χ2v) is 7.79. The summed E-state index contributed by atoms with van der Waals surface area (Å²) in [6, 6.07) is 10.4. The highest BCUT2D eigenvalue weighted by molar-refractivity contribution is 5.63. The Balaban J connectivity index is 0.00000124. The molecule has 0 saturated heterocycles. The number of rotatable bonds is 4. The van der Waals surface area contributed by atoms with Gasteiger partial charge in [0.2, 0.25) is 0 Å². The molecule has 3 atom stereocenters. The average Bonchev–Trinajstić information content (AvgIpc) is 2.79. The van der Waals surface area contributed by atoms with Crippen molar-refractivity contribution in [3.8, 4) is 11.1 Å². The molecule has 1 fully saturated rings. The molecule has 2 aromatic rings. The number of fused-ring (bicyclic) bond motifs is 1. The lowest BCUT2D eigenvalue weighted by molar-refractivity contribution is 0.105. The lowest BCUT2D eigenvalue weighted by Crippen LogP contribution is -2.35. The van der Waals surface area contributed by atoms with Crippen LogP contribution < -0.4 is 11.6 Å². The number of hydrogen-bond donors (Lipinski definition) is 2. The molecule has 0 aliphatic heterocycles. The molecule has 160 valence electrons. The fourth-order valence-corrected chi connectivity index (χ4v) is 4.68. The van der Waals surface area contributed by atoms with Gasteiger partial charge in [-0.05, 0) is 60.9 Å². The maximum absolute atomic E-state index is 13.4. The number of pyridine rings is 1. The van der Waals surface area contributed by atoms with E-state index in [1.54, 1.807) is 12.3 Å². The number of allylic oxidation sites excluding steroid dienone is 2. The Morgan fingerprint density at radius 3 is 2.60 bits per heavy atom. The molecule has 1 aromatic carbocycles. The van der Waals surface area contributed by atoms with Crippen molar-refractivity contribution in [2.45, 2.75) is 46.0 Å². The molecular formula is C25H32FN3O. The Morgan fingerprint density at radius 2 is 1.90 bits per heavy atom. The number of hydrogen-bond acceptors (Lipinski definition) is 4. The molecule has 5 heteroatoms. The number of aromatic nitrogens is 1. The molecule has 1 saturated carbocycles. The van der Waals surface area contributed by atoms with Crippen LogP contribution in [0.25, 0.3) is 17.2 Å². The van der Waals surface area contributed by atoms with E-state index in [9.17, 15) is 4.39 Å². The predicted molar refractivity (Wildman–Crippen MR) is 120 cm³/mol. The van der Waals surface area contributed by atoms with Crippen molar-refractivity contribution >= 4 is 6.08 Å². The van der Waals surface area contributed by atoms with E-state index in [0.717, 1.165) is 28.9 Å². The van der Waals surface area contributed by atoms with Gasteiger partial charge in [-0.3, -0.25) is 4.98 Å². The minimum absolute atomic E-state index is 0.0914. The van der Waals surface area contributed by atoms with Crippen molar-refractivity contribution in [2.75, 3.05) is 0 Å². The van der Waals surface area contributed by atoms with E-state index >= 15 is 0 Å². The molecule has 0 radical (unpaired) electrons. The van der Waals surface area contributed by atoms with Crippen LogP contribution in [0.2, 0.25) is 0 Å². The average molecular weight is 410 g/mol. The van der Waals surface area contributed by atoms with Gasteiger partial charge in [0.25, 0.3) is 0 Å². The highest BCUT2D eigenvalue weighted by Crippen LogP contribution is 2.46. The minimum Gasteiger partial charge on any atom is -0.414 e. The zero-order chi connectivity index (χ0) is 21.5. The lowest BCUT2D eigenvalue weighted by atomic mass is 9.66. The predicted octanol–water partition coefficient (Wildman–Crippen LogP) is 5.81. The third-order valence-corrected chi connectivity index (χ3v) is 6.08. The first-order valence-electron chi connectivity index (χ1n) is 10.9. The summed E-state index contributed by atoms with van der Waals surface area (Å²) in [4.78, 5) is 9.70. The van der Waals surface area contributed by atoms with Gasteiger partial charge in [-0.15, -0.1) is 0 Å². The molecule has 1 heterocycles. The zero-order valence-electron chi connectivity index (χ0n) is 17.9. The number of nitrogens with zero attached hydrogens (tertiary/aromatic N) is 1. The summed E-state index contributed by atoms with van der Waals surface area (Å²) in [6.45, 7) is 4.00. The first-order chi connectivity index (χ1) is 14.7. The fraction of sp³-hybridized carbons (Fsp3) is 0.400. The SMILES string of the molecule is CC.NOC1=C(N)CC2CCCCC2C1/C=C/c1ccc(-c2cccc(F)c2)cn1. The quantitative estimate of drug-likeness (QED) is 0.625. The highest BCUT2D eigenvalue weighted by atomic mass is 19.1. The Kier molecular flexibility index (Phi) is 7.63. The van der Waals surface area contributed by atoms with Crippen LogP contribution >= 0.6 is 0 Å². The van der Waals surface area contributed by atoms with Crippen molar-refractivity contribution < 1.29 is 9.23 Å². The normalized spacial score (nSPS) is 23.5. The van der Waals surface area contributed by atoms with E-state index in [4.69, 9.17) is 16.5 Å². The first-order valence-corrected chi connectivity index (χ1v) is 10.9. The van der Waals surface area contributed by atoms with Crippen LogP contribution in [0.15, 0.2) is 60.1 Å². The Labute approximate surface area is 178 Å². The summed E-state index contributed by atoms with van der Waals surface area (Å²) < 4.78 is 13.4. The van der Waals surface area contributed by atoms with Crippen LogP contribution in [-0.2, 0) is 4.84 Å². The first kappa shape index (κ1) is 22.0. The summed E-state index contributed by atoms with van der Waals surface area (Å²) >= 11 is 0. The third kappa shape index (κ3) is 4.90. The van der Waals surface area contributed by atoms with Gasteiger partial charge in [-0.2, -0.15) is 5.90 Å². The molecule has 1 aromatic heterocycles. The van der Waals surface area contributed by atoms with Gasteiger partial charge in [0, 0.05) is 23.4 Å². The largest absolute Gasteiger partial charge is 0.414 e. The van der Waals surface area contributed by atoms with E-state index in [0.29, 0.717) is 17.6 Å². The highest BCUT2D eigenvalue weighted by Gasteiger charge is 2.38. The summed E-state index contributed by atoms with van der Waals surface area (Å²) in [6.07, 6.45) is 11.7. The number of nitrogens with two attached hydrogens (primary N) is 2. The van der Waals surface area contributed by atoms with E-state index in [1.165, 1.54) is 37.8 Å². The molecule has 2 aliphatic carbocycles. The van der Waals surface area contributed by atoms with Crippen molar-refractivity contribution in [3.63, 3.8) is 0 Å². The number of benzene rings is 1. The van der Waals surface area contributed by atoms with Crippen LogP contribution in [0, 0.1) is 23.6 Å². The molecular weight excluding hydrogens is 377 g/mol. The molecule has 30 heavy (non-hydrogen) atoms. The molecule has 4 nitrogen and oxygen atoms in total. The summed E-state index contributed by atoms with van der Waals surface area (Å²) in [5, 5.41) is 0. The second kappa shape index (κ2) is 10.4. The van der Waals surface area contributed by atoms with Gasteiger partial charge >= 0.3 is 0 Å². The van der Waals surface area contributed by atoms with Gasteiger partial charge in [0.15, 0.2) is 0 Å². The van der Waals surface area contributed by atoms with Crippen molar-refractivity contribution in [1.29, 1.82) is 0 Å². The Bertz CT molecular complexity index is 892. The minimum atomic E-state index is -0.250. The van der Waals surface area contributed by atoms with Gasteiger partial charge in [-0.25, -0.2) is 4.39 Å². The van der Waals surface area contributed by atoms with Crippen molar-refractivity contribution in [3.05, 3.63) is 71.6 Å². The van der Waals surface area contributed by atoms with Gasteiger partial charge in [0.1, 0.15) is 11.6 Å². The standard InChI is InChI=1S/C23H26FN3O.C2H6/c24-18-6-3-5-15(12-18)17-8-9-19(27-14-17)10-11-21-20-7-2-1-4-16(20)13-22(25)23(21)28-26;1-2/h3,5-6,8-12,14,16,20-21H,1-2,4,7,13,25-26H2;1-2H3/b11-10+;. The molecule has 4 N–H and O–H groups in total. The van der Waals surface area contributed by atoms with Crippen molar-refractivity contribution in [2.24, 2.45) is 29.4 Å². The third-order valence-electron chi connectivity index (χ3n) is 6.08. The van der Waals surface area contributed by atoms with Gasteiger partial charge in [0.05, 0.1) is 5.69 Å². The van der Waals surface area contributed by atoms with Crippen molar-refractivity contribution in [1.82, 2.24) is 4.98 Å². The van der Waals surface area contributed by atoms with Crippen LogP contribution in [0.4, 0.5) is 4.39 Å². The van der Waals surface area contributed by atoms with E-state index < -0.39 is 0 Å². The van der Waals surface area contributed by atoms with Crippen LogP contribution in [-0.4, -0.2) is 4.98 Å². The lowest BCUT2D eigenvalue weighted by Gasteiger charge is -2.40. The van der Waals surface area contributed by atoms with E-state index in [-0.39, 0.29) is 11.7 Å². The van der Waals surface area contributed by atoms with Crippen LogP contribution in [0.3, 0.4) is 0 Å². The second-order valence-electron chi connectivity index (χ2n) is 7.79. The van der Waals surface area contributed by atoms with Gasteiger partial charge < -0.3 is 10.6 Å². The van der Waals surface area contributed by atoms with E-state index in [2.05, 4.69) is 11.1 Å². The molecule has 0 bridgehead atoms. The Morgan fingerprint density at radius 1 is 1.10 bits per heavy atom. The summed E-state index contributed by atoms with van der Waals surface area (Å²) in [5.74, 6) is 7.22. The van der Waals surface area contributed by atoms with E-state index in [1.807, 2.05) is 38.1 Å². The van der Waals surface area contributed by atoms with Gasteiger partial charge in [-0.1, -0.05) is 51.0 Å². The molecule has 0 spiro atoms. The monoisotopic (exact) mass is 409 g/mol.